The van der Waals surface area contributed by atoms with Crippen molar-refractivity contribution in [3.8, 4) is 11.8 Å². The van der Waals surface area contributed by atoms with Crippen LogP contribution in [0.2, 0.25) is 0 Å². The number of likely N-dealkylation sites (tertiary alicyclic amines) is 1. The van der Waals surface area contributed by atoms with Crippen LogP contribution < -0.4 is 0 Å². The summed E-state index contributed by atoms with van der Waals surface area (Å²) in [6.07, 6.45) is 6.95. The zero-order chi connectivity index (χ0) is 14.6. The predicted molar refractivity (Wildman–Crippen MR) is 83.5 cm³/mol. The zero-order valence-corrected chi connectivity index (χ0v) is 13.4. The Balaban J connectivity index is 2.11. The van der Waals surface area contributed by atoms with E-state index in [1.165, 1.54) is 32.2 Å². The highest BCUT2D eigenvalue weighted by Crippen LogP contribution is 2.41. The molecule has 3 heteroatoms. The van der Waals surface area contributed by atoms with Crippen LogP contribution in [0.5, 0.6) is 0 Å². The van der Waals surface area contributed by atoms with Gasteiger partial charge in [0.25, 0.3) is 0 Å². The van der Waals surface area contributed by atoms with Gasteiger partial charge in [-0.25, -0.2) is 0 Å². The van der Waals surface area contributed by atoms with Crippen molar-refractivity contribution in [2.24, 2.45) is 5.92 Å². The molecule has 1 heterocycles. The second kappa shape index (κ2) is 6.93. The second-order valence-corrected chi connectivity index (χ2v) is 6.71. The first-order valence-electron chi connectivity index (χ1n) is 8.18. The van der Waals surface area contributed by atoms with E-state index in [4.69, 9.17) is 0 Å². The van der Waals surface area contributed by atoms with Gasteiger partial charge in [0.05, 0.1) is 6.54 Å². The Morgan fingerprint density at radius 2 is 2.05 bits per heavy atom. The summed E-state index contributed by atoms with van der Waals surface area (Å²) >= 11 is 0. The van der Waals surface area contributed by atoms with Crippen molar-refractivity contribution in [2.75, 3.05) is 33.7 Å². The minimum atomic E-state index is -0.745. The van der Waals surface area contributed by atoms with E-state index in [2.05, 4.69) is 28.6 Å². The highest BCUT2D eigenvalue weighted by Gasteiger charge is 2.47. The van der Waals surface area contributed by atoms with Gasteiger partial charge in [-0.15, -0.1) is 0 Å². The van der Waals surface area contributed by atoms with Gasteiger partial charge >= 0.3 is 0 Å². The monoisotopic (exact) mass is 278 g/mol. The third kappa shape index (κ3) is 3.55. The van der Waals surface area contributed by atoms with E-state index in [0.29, 0.717) is 12.0 Å². The van der Waals surface area contributed by atoms with E-state index >= 15 is 0 Å². The molecule has 20 heavy (non-hydrogen) atoms. The fourth-order valence-corrected chi connectivity index (χ4v) is 3.84. The van der Waals surface area contributed by atoms with Gasteiger partial charge in [-0.1, -0.05) is 31.6 Å². The lowest BCUT2D eigenvalue weighted by Crippen LogP contribution is -2.58. The van der Waals surface area contributed by atoms with Crippen molar-refractivity contribution < 1.29 is 5.11 Å². The number of hydrogen-bond donors (Lipinski definition) is 1. The fourth-order valence-electron chi connectivity index (χ4n) is 3.84. The molecule has 3 atom stereocenters. The molecule has 2 fully saturated rings. The third-order valence-electron chi connectivity index (χ3n) is 4.80. The number of rotatable bonds is 3. The molecule has 0 spiro atoms. The van der Waals surface area contributed by atoms with Crippen LogP contribution >= 0.6 is 0 Å². The Bertz CT molecular complexity index is 371. The van der Waals surface area contributed by atoms with Gasteiger partial charge in [0.1, 0.15) is 5.60 Å². The average molecular weight is 278 g/mol. The lowest BCUT2D eigenvalue weighted by Gasteiger charge is -2.50. The van der Waals surface area contributed by atoms with Crippen LogP contribution in [0.4, 0.5) is 0 Å². The predicted octanol–water partition coefficient (Wildman–Crippen LogP) is 1.96. The molecular formula is C17H30N2O. The summed E-state index contributed by atoms with van der Waals surface area (Å²) in [5.74, 6) is 6.76. The number of nitrogens with zero attached hydrogens (tertiary/aromatic N) is 2. The summed E-state index contributed by atoms with van der Waals surface area (Å²) in [4.78, 5) is 4.66. The molecule has 0 radical (unpaired) electrons. The fraction of sp³-hybridized carbons (Fsp3) is 0.882. The summed E-state index contributed by atoms with van der Waals surface area (Å²) in [5.41, 5.74) is -0.745. The van der Waals surface area contributed by atoms with Crippen LogP contribution in [-0.4, -0.2) is 60.3 Å². The summed E-state index contributed by atoms with van der Waals surface area (Å²) in [7, 11) is 4.04. The van der Waals surface area contributed by atoms with E-state index in [0.717, 1.165) is 25.9 Å². The Labute approximate surface area is 124 Å². The lowest BCUT2D eigenvalue weighted by molar-refractivity contribution is -0.0780. The first-order valence-corrected chi connectivity index (χ1v) is 8.18. The molecule has 2 rings (SSSR count). The van der Waals surface area contributed by atoms with Crippen LogP contribution in [-0.2, 0) is 0 Å². The van der Waals surface area contributed by atoms with Crippen LogP contribution in [0.15, 0.2) is 0 Å². The topological polar surface area (TPSA) is 26.7 Å². The molecule has 3 nitrogen and oxygen atoms in total. The molecule has 0 aromatic carbocycles. The van der Waals surface area contributed by atoms with Crippen LogP contribution in [0.1, 0.15) is 45.4 Å². The van der Waals surface area contributed by atoms with Gasteiger partial charge in [-0.3, -0.25) is 9.80 Å². The Morgan fingerprint density at radius 3 is 2.75 bits per heavy atom. The maximum absolute atomic E-state index is 11.0. The van der Waals surface area contributed by atoms with E-state index in [9.17, 15) is 5.11 Å². The van der Waals surface area contributed by atoms with E-state index in [1.807, 2.05) is 14.1 Å². The van der Waals surface area contributed by atoms with Crippen molar-refractivity contribution in [2.45, 2.75) is 57.1 Å². The first kappa shape index (κ1) is 15.8. The maximum Gasteiger partial charge on any atom is 0.131 e. The largest absolute Gasteiger partial charge is 0.377 e. The van der Waals surface area contributed by atoms with Crippen molar-refractivity contribution in [1.82, 2.24) is 9.80 Å². The molecule has 1 saturated carbocycles. The summed E-state index contributed by atoms with van der Waals surface area (Å²) < 4.78 is 0. The van der Waals surface area contributed by atoms with Gasteiger partial charge in [0.15, 0.2) is 0 Å². The molecule has 0 aromatic heterocycles. The molecule has 1 aliphatic heterocycles. The molecule has 1 saturated heterocycles. The van der Waals surface area contributed by atoms with E-state index in [-0.39, 0.29) is 0 Å². The molecule has 0 bridgehead atoms. The van der Waals surface area contributed by atoms with Crippen molar-refractivity contribution >= 4 is 0 Å². The average Bonchev–Trinajstić information content (AvgIpc) is 2.42. The van der Waals surface area contributed by atoms with E-state index in [1.54, 1.807) is 0 Å². The Morgan fingerprint density at radius 1 is 1.30 bits per heavy atom. The number of fused-ring (bicyclic) bond motifs is 1. The van der Waals surface area contributed by atoms with Gasteiger partial charge < -0.3 is 5.11 Å². The van der Waals surface area contributed by atoms with Gasteiger partial charge in [-0.2, -0.15) is 0 Å². The second-order valence-electron chi connectivity index (χ2n) is 6.71. The van der Waals surface area contributed by atoms with Crippen LogP contribution in [0, 0.1) is 17.8 Å². The number of aliphatic hydroxyl groups is 1. The zero-order valence-electron chi connectivity index (χ0n) is 13.4. The molecule has 0 unspecified atom stereocenters. The summed E-state index contributed by atoms with van der Waals surface area (Å²) in [5, 5.41) is 11.0. The standard InChI is InChI=1S/C17H30N2O/c1-4-12-19-14-11-17(20,10-7-13-18(2)3)15-8-5-6-9-16(15)19/h15-16,20H,4-6,8-9,11-14H2,1-3H3/t15-,16-,17-/m0/s1. The molecule has 1 aliphatic carbocycles. The normalized spacial score (nSPS) is 34.5. The van der Waals surface area contributed by atoms with Crippen LogP contribution in [0.25, 0.3) is 0 Å². The molecule has 0 amide bonds. The molecule has 0 aromatic rings. The minimum absolute atomic E-state index is 0.353. The van der Waals surface area contributed by atoms with Gasteiger partial charge in [0, 0.05) is 24.9 Å². The van der Waals surface area contributed by atoms with E-state index < -0.39 is 5.60 Å². The van der Waals surface area contributed by atoms with Crippen LogP contribution in [0.3, 0.4) is 0 Å². The molecule has 2 aliphatic rings. The third-order valence-corrected chi connectivity index (χ3v) is 4.80. The molecule has 114 valence electrons. The summed E-state index contributed by atoms with van der Waals surface area (Å²) in [6, 6.07) is 0.552. The van der Waals surface area contributed by atoms with Crippen molar-refractivity contribution in [3.63, 3.8) is 0 Å². The maximum atomic E-state index is 11.0. The lowest BCUT2D eigenvalue weighted by atomic mass is 9.69. The van der Waals surface area contributed by atoms with Gasteiger partial charge in [-0.05, 0) is 39.9 Å². The first-order chi connectivity index (χ1) is 9.57. The quantitative estimate of drug-likeness (QED) is 0.800. The van der Waals surface area contributed by atoms with Crippen molar-refractivity contribution in [3.05, 3.63) is 0 Å². The SMILES string of the molecule is CCCN1CC[C@@](O)(C#CCN(C)C)[C@H]2CCCC[C@@H]21. The number of piperidine rings is 1. The minimum Gasteiger partial charge on any atom is -0.377 e. The van der Waals surface area contributed by atoms with Crippen molar-refractivity contribution in [1.29, 1.82) is 0 Å². The molecular weight excluding hydrogens is 248 g/mol. The smallest absolute Gasteiger partial charge is 0.131 e. The highest BCUT2D eigenvalue weighted by molar-refractivity contribution is 5.20. The Kier molecular flexibility index (Phi) is 5.49. The highest BCUT2D eigenvalue weighted by atomic mass is 16.3. The summed E-state index contributed by atoms with van der Waals surface area (Å²) in [6.45, 7) is 5.15. The van der Waals surface area contributed by atoms with Gasteiger partial charge in [0.2, 0.25) is 0 Å². The molecule has 1 N–H and O–H groups in total. The Hall–Kier alpha value is -0.560. The number of hydrogen-bond acceptors (Lipinski definition) is 3.